The summed E-state index contributed by atoms with van der Waals surface area (Å²) in [6.45, 7) is 8.79. The van der Waals surface area contributed by atoms with Gasteiger partial charge in [0.2, 0.25) is 35.4 Å². The maximum Gasteiger partial charge on any atom is 0.410 e. The summed E-state index contributed by atoms with van der Waals surface area (Å²) in [6.07, 6.45) is 2.95. The number of primary amides is 1. The first-order valence-electron chi connectivity index (χ1n) is 19.3. The number of likely N-dealkylation sites (tertiary alicyclic amines) is 1. The van der Waals surface area contributed by atoms with Gasteiger partial charge < -0.3 is 37.1 Å². The zero-order valence-electron chi connectivity index (χ0n) is 33.8. The number of thioether (sulfide) groups is 1. The Morgan fingerprint density at radius 2 is 1.33 bits per heavy atom. The van der Waals surface area contributed by atoms with Gasteiger partial charge in [0.05, 0.1) is 6.54 Å². The molecule has 57 heavy (non-hydrogen) atoms. The number of ether oxygens (including phenoxy) is 1. The molecular weight excluding hydrogens is 751 g/mol. The van der Waals surface area contributed by atoms with Gasteiger partial charge in [0.1, 0.15) is 35.8 Å². The fraction of sp³-hybridized carbons (Fsp3) is 0.537. The highest BCUT2D eigenvalue weighted by atomic mass is 32.2. The van der Waals surface area contributed by atoms with Gasteiger partial charge in [0.15, 0.2) is 0 Å². The van der Waals surface area contributed by atoms with Crippen LogP contribution in [0, 0.1) is 5.92 Å². The Balaban J connectivity index is 1.78. The summed E-state index contributed by atoms with van der Waals surface area (Å²) in [7, 11) is 0. The number of nitrogens with one attached hydrogen (secondary N) is 5. The van der Waals surface area contributed by atoms with E-state index in [2.05, 4.69) is 26.6 Å². The van der Waals surface area contributed by atoms with E-state index < -0.39 is 83.9 Å². The lowest BCUT2D eigenvalue weighted by Crippen LogP contribution is -2.58. The number of rotatable bonds is 20. The first kappa shape index (κ1) is 46.3. The van der Waals surface area contributed by atoms with Crippen molar-refractivity contribution in [3.8, 4) is 0 Å². The molecule has 0 aliphatic carbocycles. The summed E-state index contributed by atoms with van der Waals surface area (Å²) >= 11 is 1.50. The molecule has 1 fully saturated rings. The molecule has 0 unspecified atom stereocenters. The van der Waals surface area contributed by atoms with Crippen LogP contribution in [0.4, 0.5) is 4.79 Å². The summed E-state index contributed by atoms with van der Waals surface area (Å²) in [5.74, 6) is -3.16. The average Bonchev–Trinajstić information content (AvgIpc) is 3.65. The Kier molecular flexibility index (Phi) is 18.3. The minimum Gasteiger partial charge on any atom is -0.444 e. The predicted molar refractivity (Wildman–Crippen MR) is 219 cm³/mol. The second-order valence-corrected chi connectivity index (χ2v) is 16.5. The zero-order chi connectivity index (χ0) is 42.1. The molecule has 15 nitrogen and oxygen atoms in total. The Morgan fingerprint density at radius 1 is 0.789 bits per heavy atom. The van der Waals surface area contributed by atoms with Crippen LogP contribution in [0.3, 0.4) is 0 Å². The van der Waals surface area contributed by atoms with Crippen molar-refractivity contribution >= 4 is 53.3 Å². The molecule has 0 bridgehead atoms. The molecule has 2 aromatic rings. The summed E-state index contributed by atoms with van der Waals surface area (Å²) < 4.78 is 5.53. The Morgan fingerprint density at radius 3 is 1.86 bits per heavy atom. The highest BCUT2D eigenvalue weighted by Crippen LogP contribution is 2.21. The molecule has 312 valence electrons. The van der Waals surface area contributed by atoms with E-state index in [4.69, 9.17) is 10.5 Å². The normalized spacial score (nSPS) is 16.1. The molecule has 3 rings (SSSR count). The number of hydrogen-bond donors (Lipinski definition) is 6. The fourth-order valence-corrected chi connectivity index (χ4v) is 6.74. The van der Waals surface area contributed by atoms with Gasteiger partial charge in [-0.05, 0) is 75.5 Å². The first-order valence-corrected chi connectivity index (χ1v) is 20.7. The van der Waals surface area contributed by atoms with Crippen LogP contribution >= 0.6 is 11.8 Å². The van der Waals surface area contributed by atoms with Crippen molar-refractivity contribution in [1.29, 1.82) is 0 Å². The van der Waals surface area contributed by atoms with Gasteiger partial charge in [-0.3, -0.25) is 33.7 Å². The molecule has 2 aromatic carbocycles. The largest absolute Gasteiger partial charge is 0.444 e. The number of nitrogens with two attached hydrogens (primary N) is 1. The van der Waals surface area contributed by atoms with Crippen LogP contribution in [-0.2, 0) is 46.3 Å². The second kappa shape index (κ2) is 22.6. The molecule has 7 amide bonds. The molecule has 0 saturated carbocycles. The first-order chi connectivity index (χ1) is 27.0. The Labute approximate surface area is 339 Å². The Hall–Kier alpha value is -5.12. The van der Waals surface area contributed by atoms with E-state index in [1.807, 2.05) is 44.4 Å². The molecule has 1 heterocycles. The summed E-state index contributed by atoms with van der Waals surface area (Å²) in [6, 6.07) is 13.0. The van der Waals surface area contributed by atoms with E-state index in [9.17, 15) is 33.6 Å². The summed E-state index contributed by atoms with van der Waals surface area (Å²) in [4.78, 5) is 94.3. The third-order valence-electron chi connectivity index (χ3n) is 9.07. The third-order valence-corrected chi connectivity index (χ3v) is 9.71. The SMILES string of the molecule is CSCC[C@H](NC(=O)[C@H](CC(C)C)NC(=O)CNC(=O)[C@H](Cc1ccccc1)NC(=O)[C@@H](Cc1ccccc1)NC(=O)[C@@H]1CCCN1C(=O)OC(C)(C)C)C(N)=O. The van der Waals surface area contributed by atoms with Gasteiger partial charge >= 0.3 is 6.09 Å². The van der Waals surface area contributed by atoms with Gasteiger partial charge in [-0.25, -0.2) is 4.79 Å². The fourth-order valence-electron chi connectivity index (χ4n) is 6.27. The lowest BCUT2D eigenvalue weighted by atomic mass is 10.0. The van der Waals surface area contributed by atoms with E-state index >= 15 is 0 Å². The number of benzene rings is 2. The molecule has 5 atom stereocenters. The molecule has 1 aliphatic heterocycles. The highest BCUT2D eigenvalue weighted by Gasteiger charge is 2.38. The quantitative estimate of drug-likeness (QED) is 0.115. The van der Waals surface area contributed by atoms with Crippen LogP contribution in [-0.4, -0.2) is 107 Å². The smallest absolute Gasteiger partial charge is 0.410 e. The van der Waals surface area contributed by atoms with Crippen molar-refractivity contribution in [1.82, 2.24) is 31.5 Å². The maximum atomic E-state index is 14.1. The minimum atomic E-state index is -1.17. The van der Waals surface area contributed by atoms with E-state index in [-0.39, 0.29) is 25.2 Å². The van der Waals surface area contributed by atoms with E-state index in [1.165, 1.54) is 16.7 Å². The zero-order valence-corrected chi connectivity index (χ0v) is 34.6. The average molecular weight is 810 g/mol. The molecule has 7 N–H and O–H groups in total. The van der Waals surface area contributed by atoms with Crippen molar-refractivity contribution < 1.29 is 38.3 Å². The van der Waals surface area contributed by atoms with Crippen LogP contribution in [0.1, 0.15) is 71.4 Å². The second-order valence-electron chi connectivity index (χ2n) is 15.5. The van der Waals surface area contributed by atoms with E-state index in [0.717, 1.165) is 11.1 Å². The van der Waals surface area contributed by atoms with Crippen LogP contribution in [0.5, 0.6) is 0 Å². The van der Waals surface area contributed by atoms with Crippen molar-refractivity contribution in [3.05, 3.63) is 71.8 Å². The van der Waals surface area contributed by atoms with Gasteiger partial charge in [0.25, 0.3) is 0 Å². The standard InChI is InChI=1S/C41H59N7O8S/c1-26(2)22-30(37(52)45-29(35(42)50)19-21-57-6)44-34(49)25-43-36(51)31(23-27-14-9-7-10-15-27)46-38(53)32(24-28-16-11-8-12-17-28)47-39(54)33-18-13-20-48(33)40(55)56-41(3,4)5/h7-12,14-17,26,29-33H,13,18-25H2,1-6H3,(H2,42,50)(H,43,51)(H,44,49)(H,45,52)(H,46,53)(H,47,54)/t29-,30-,31-,32+,33-/m0/s1. The van der Waals surface area contributed by atoms with Crippen molar-refractivity contribution in [2.75, 3.05) is 25.1 Å². The maximum absolute atomic E-state index is 14.1. The predicted octanol–water partition coefficient (Wildman–Crippen LogP) is 2.21. The molecule has 0 aromatic heterocycles. The van der Waals surface area contributed by atoms with Crippen molar-refractivity contribution in [3.63, 3.8) is 0 Å². The van der Waals surface area contributed by atoms with Gasteiger partial charge in [-0.1, -0.05) is 74.5 Å². The number of hydrogen-bond acceptors (Lipinski definition) is 9. The van der Waals surface area contributed by atoms with E-state index in [0.29, 0.717) is 31.6 Å². The monoisotopic (exact) mass is 809 g/mol. The van der Waals surface area contributed by atoms with Gasteiger partial charge in [-0.15, -0.1) is 0 Å². The number of carbonyl (C=O) groups is 7. The van der Waals surface area contributed by atoms with Crippen molar-refractivity contribution in [2.24, 2.45) is 11.7 Å². The van der Waals surface area contributed by atoms with Crippen LogP contribution < -0.4 is 32.3 Å². The number of nitrogens with zero attached hydrogens (tertiary/aromatic N) is 1. The molecule has 0 spiro atoms. The molecular formula is C41H59N7O8S. The molecule has 1 saturated heterocycles. The lowest BCUT2D eigenvalue weighted by molar-refractivity contribution is -0.134. The number of carbonyl (C=O) groups excluding carboxylic acids is 7. The van der Waals surface area contributed by atoms with Crippen LogP contribution in [0.2, 0.25) is 0 Å². The molecule has 16 heteroatoms. The minimum absolute atomic E-state index is 0.00212. The van der Waals surface area contributed by atoms with Crippen LogP contribution in [0.25, 0.3) is 0 Å². The lowest BCUT2D eigenvalue weighted by Gasteiger charge is -2.29. The summed E-state index contributed by atoms with van der Waals surface area (Å²) in [5.41, 5.74) is 6.22. The van der Waals surface area contributed by atoms with Gasteiger partial charge in [-0.2, -0.15) is 11.8 Å². The summed E-state index contributed by atoms with van der Waals surface area (Å²) in [5, 5.41) is 13.5. The molecule has 1 aliphatic rings. The molecule has 0 radical (unpaired) electrons. The number of amides is 7. The topological polar surface area (TPSA) is 218 Å². The van der Waals surface area contributed by atoms with Crippen LogP contribution in [0.15, 0.2) is 60.7 Å². The van der Waals surface area contributed by atoms with Crippen molar-refractivity contribution in [2.45, 2.75) is 109 Å². The Bertz CT molecular complexity index is 1670. The van der Waals surface area contributed by atoms with Gasteiger partial charge in [0, 0.05) is 19.4 Å². The third kappa shape index (κ3) is 16.1. The highest BCUT2D eigenvalue weighted by molar-refractivity contribution is 7.98. The van der Waals surface area contributed by atoms with E-state index in [1.54, 1.807) is 57.2 Å².